The summed E-state index contributed by atoms with van der Waals surface area (Å²) in [6, 6.07) is 20.6. The van der Waals surface area contributed by atoms with Crippen molar-refractivity contribution in [1.29, 1.82) is 0 Å². The van der Waals surface area contributed by atoms with Crippen molar-refractivity contribution >= 4 is 17.1 Å². The largest absolute Gasteiger partial charge is 0.497 e. The van der Waals surface area contributed by atoms with Crippen molar-refractivity contribution in [3.05, 3.63) is 119 Å². The number of hydrogen-bond donors (Lipinski definition) is 1. The van der Waals surface area contributed by atoms with Crippen molar-refractivity contribution in [1.82, 2.24) is 0 Å². The Hall–Kier alpha value is -4.75. The van der Waals surface area contributed by atoms with Crippen LogP contribution in [-0.4, -0.2) is 32.4 Å². The number of aliphatic hydroxyl groups excluding tert-OH is 1. The first kappa shape index (κ1) is 38.5. The third-order valence-electron chi connectivity index (χ3n) is 10.4. The average molecular weight is 709 g/mol. The summed E-state index contributed by atoms with van der Waals surface area (Å²) in [6.07, 6.45) is 10.9. The Kier molecular flexibility index (Phi) is 12.1. The van der Waals surface area contributed by atoms with Gasteiger partial charge in [-0.2, -0.15) is 0 Å². The van der Waals surface area contributed by atoms with E-state index in [0.717, 1.165) is 65.5 Å². The van der Waals surface area contributed by atoms with Crippen LogP contribution in [0.1, 0.15) is 93.3 Å². The predicted molar refractivity (Wildman–Crippen MR) is 205 cm³/mol. The molecule has 0 heterocycles. The standard InChI is InChI=1S/C23H25FO3.C22H25FO2/c1-23(2)12-6-5-7-20(23)18-13-15(22(25)27-4)8-10-17(18)19-14-16(26-3)9-11-21(19)24;1-22(2)11-5-4-6-20(22)18-12-15(14-24)7-9-17(18)19-13-16(25-3)8-10-21(19)23/h7-11,13-14H,5-6,12H2,1-4H3;6-10,12-13,24H,4-5,11,14H2,1-3H3. The number of hydrogen-bond acceptors (Lipinski definition) is 5. The minimum absolute atomic E-state index is 0.0242. The molecule has 4 aromatic rings. The molecule has 7 heteroatoms. The maximum Gasteiger partial charge on any atom is 0.337 e. The van der Waals surface area contributed by atoms with E-state index in [4.69, 9.17) is 14.2 Å². The maximum atomic E-state index is 14.7. The second-order valence-corrected chi connectivity index (χ2v) is 14.8. The number of halogens is 2. The summed E-state index contributed by atoms with van der Waals surface area (Å²) >= 11 is 0. The SMILES string of the molecule is COC(=O)c1ccc(-c2cc(OC)ccc2F)c(C2=CCCCC2(C)C)c1.COc1ccc(F)c(-c2ccc(CO)cc2C2=CCCCC2(C)C)c1. The molecule has 0 bridgehead atoms. The lowest BCUT2D eigenvalue weighted by atomic mass is 9.71. The van der Waals surface area contributed by atoms with Crippen molar-refractivity contribution in [2.24, 2.45) is 10.8 Å². The van der Waals surface area contributed by atoms with Crippen LogP contribution in [0.3, 0.4) is 0 Å². The molecule has 0 saturated heterocycles. The molecule has 0 atom stereocenters. The molecule has 0 saturated carbocycles. The summed E-state index contributed by atoms with van der Waals surface area (Å²) in [5.74, 6) is 0.227. The highest BCUT2D eigenvalue weighted by Gasteiger charge is 2.31. The fourth-order valence-corrected chi connectivity index (χ4v) is 7.42. The van der Waals surface area contributed by atoms with Crippen molar-refractivity contribution < 1.29 is 32.9 Å². The summed E-state index contributed by atoms with van der Waals surface area (Å²) in [6.45, 7) is 8.81. The number of rotatable bonds is 8. The molecule has 2 aliphatic rings. The molecule has 0 unspecified atom stereocenters. The van der Waals surface area contributed by atoms with Crippen LogP contribution in [-0.2, 0) is 11.3 Å². The highest BCUT2D eigenvalue weighted by atomic mass is 19.1. The molecule has 274 valence electrons. The quantitative estimate of drug-likeness (QED) is 0.185. The highest BCUT2D eigenvalue weighted by molar-refractivity contribution is 5.94. The molecule has 5 nitrogen and oxygen atoms in total. The van der Waals surface area contributed by atoms with Crippen molar-refractivity contribution in [2.45, 2.75) is 72.8 Å². The van der Waals surface area contributed by atoms with Crippen molar-refractivity contribution in [2.75, 3.05) is 21.3 Å². The van der Waals surface area contributed by atoms with Gasteiger partial charge in [-0.05, 0) is 143 Å². The topological polar surface area (TPSA) is 65.0 Å². The Morgan fingerprint density at radius 3 is 1.56 bits per heavy atom. The molecule has 4 aromatic carbocycles. The number of aliphatic hydroxyl groups is 1. The Balaban J connectivity index is 0.000000202. The zero-order chi connectivity index (χ0) is 37.6. The number of carbonyl (C=O) groups excluding carboxylic acids is 1. The van der Waals surface area contributed by atoms with Gasteiger partial charge in [0.05, 0.1) is 33.5 Å². The molecule has 6 rings (SSSR count). The molecule has 0 spiro atoms. The first-order chi connectivity index (χ1) is 24.8. The number of ether oxygens (including phenoxy) is 3. The normalized spacial score (nSPS) is 16.1. The molecule has 0 amide bonds. The molecular formula is C45H50F2O5. The van der Waals surface area contributed by atoms with E-state index >= 15 is 0 Å². The van der Waals surface area contributed by atoms with E-state index < -0.39 is 5.97 Å². The molecule has 2 aliphatic carbocycles. The van der Waals surface area contributed by atoms with Gasteiger partial charge in [-0.3, -0.25) is 0 Å². The molecular weight excluding hydrogens is 658 g/mol. The minimum Gasteiger partial charge on any atom is -0.497 e. The fourth-order valence-electron chi connectivity index (χ4n) is 7.42. The highest BCUT2D eigenvalue weighted by Crippen LogP contribution is 2.48. The summed E-state index contributed by atoms with van der Waals surface area (Å²) < 4.78 is 44.7. The van der Waals surface area contributed by atoms with Crippen molar-refractivity contribution in [3.8, 4) is 33.8 Å². The number of carbonyl (C=O) groups is 1. The number of allylic oxidation sites excluding steroid dienone is 4. The van der Waals surface area contributed by atoms with E-state index in [0.29, 0.717) is 28.2 Å². The van der Waals surface area contributed by atoms with Gasteiger partial charge in [-0.25, -0.2) is 13.6 Å². The van der Waals surface area contributed by atoms with E-state index in [1.54, 1.807) is 50.6 Å². The van der Waals surface area contributed by atoms with E-state index in [-0.39, 0.29) is 29.1 Å². The van der Waals surface area contributed by atoms with Gasteiger partial charge in [0.1, 0.15) is 23.1 Å². The lowest BCUT2D eigenvalue weighted by molar-refractivity contribution is 0.0600. The van der Waals surface area contributed by atoms with Gasteiger partial charge in [-0.1, -0.05) is 58.0 Å². The van der Waals surface area contributed by atoms with Crippen LogP contribution in [0, 0.1) is 22.5 Å². The summed E-state index contributed by atoms with van der Waals surface area (Å²) in [5, 5.41) is 9.58. The van der Waals surface area contributed by atoms with Crippen LogP contribution in [0.2, 0.25) is 0 Å². The Morgan fingerprint density at radius 2 is 1.12 bits per heavy atom. The first-order valence-electron chi connectivity index (χ1n) is 17.9. The van der Waals surface area contributed by atoms with Gasteiger partial charge in [0.25, 0.3) is 0 Å². The molecule has 52 heavy (non-hydrogen) atoms. The molecule has 0 fully saturated rings. The smallest absolute Gasteiger partial charge is 0.337 e. The molecule has 0 aromatic heterocycles. The van der Waals surface area contributed by atoms with Crippen LogP contribution in [0.15, 0.2) is 84.9 Å². The zero-order valence-electron chi connectivity index (χ0n) is 31.4. The van der Waals surface area contributed by atoms with Gasteiger partial charge in [0, 0.05) is 11.1 Å². The lowest BCUT2D eigenvalue weighted by Gasteiger charge is -2.33. The Labute approximate surface area is 307 Å². The van der Waals surface area contributed by atoms with E-state index in [1.807, 2.05) is 24.3 Å². The summed E-state index contributed by atoms with van der Waals surface area (Å²) in [4.78, 5) is 12.1. The van der Waals surface area contributed by atoms with E-state index in [1.165, 1.54) is 31.2 Å². The lowest BCUT2D eigenvalue weighted by Crippen LogP contribution is -2.18. The van der Waals surface area contributed by atoms with Crippen molar-refractivity contribution in [3.63, 3.8) is 0 Å². The van der Waals surface area contributed by atoms with Crippen LogP contribution in [0.5, 0.6) is 11.5 Å². The summed E-state index contributed by atoms with van der Waals surface area (Å²) in [7, 11) is 4.51. The fraction of sp³-hybridized carbons (Fsp3) is 0.356. The van der Waals surface area contributed by atoms with Crippen LogP contribution < -0.4 is 9.47 Å². The first-order valence-corrected chi connectivity index (χ1v) is 17.9. The van der Waals surface area contributed by atoms with Gasteiger partial charge in [-0.15, -0.1) is 0 Å². The average Bonchev–Trinajstić information content (AvgIpc) is 3.14. The van der Waals surface area contributed by atoms with Crippen LogP contribution in [0.4, 0.5) is 8.78 Å². The molecule has 1 N–H and O–H groups in total. The third kappa shape index (κ3) is 8.31. The van der Waals surface area contributed by atoms with Gasteiger partial charge < -0.3 is 19.3 Å². The number of methoxy groups -OCH3 is 3. The van der Waals surface area contributed by atoms with E-state index in [9.17, 15) is 18.7 Å². The van der Waals surface area contributed by atoms with Gasteiger partial charge >= 0.3 is 5.97 Å². The monoisotopic (exact) mass is 708 g/mol. The van der Waals surface area contributed by atoms with E-state index in [2.05, 4.69) is 39.8 Å². The summed E-state index contributed by atoms with van der Waals surface area (Å²) in [5.41, 5.74) is 8.08. The number of esters is 1. The molecule has 0 radical (unpaired) electrons. The second-order valence-electron chi connectivity index (χ2n) is 14.8. The Morgan fingerprint density at radius 1 is 0.635 bits per heavy atom. The van der Waals surface area contributed by atoms with Crippen LogP contribution >= 0.6 is 0 Å². The third-order valence-corrected chi connectivity index (χ3v) is 10.4. The minimum atomic E-state index is -0.400. The van der Waals surface area contributed by atoms with Gasteiger partial charge in [0.2, 0.25) is 0 Å². The maximum absolute atomic E-state index is 14.7. The van der Waals surface area contributed by atoms with Crippen LogP contribution in [0.25, 0.3) is 33.4 Å². The molecule has 0 aliphatic heterocycles. The number of benzene rings is 4. The predicted octanol–water partition coefficient (Wildman–Crippen LogP) is 11.5. The zero-order valence-corrected chi connectivity index (χ0v) is 31.4. The Bertz CT molecular complexity index is 1990. The van der Waals surface area contributed by atoms with Gasteiger partial charge in [0.15, 0.2) is 0 Å². The second kappa shape index (κ2) is 16.3.